The third kappa shape index (κ3) is 6.93. The summed E-state index contributed by atoms with van der Waals surface area (Å²) in [7, 11) is -3.61. The molecular weight excluding hydrogens is 465 g/mol. The number of rotatable bonds is 8. The van der Waals surface area contributed by atoms with Gasteiger partial charge in [-0.25, -0.2) is 8.42 Å². The van der Waals surface area contributed by atoms with Crippen LogP contribution in [0.2, 0.25) is 0 Å². The summed E-state index contributed by atoms with van der Waals surface area (Å²) >= 11 is 0. The van der Waals surface area contributed by atoms with Crippen molar-refractivity contribution >= 4 is 22.0 Å². The third-order valence-electron chi connectivity index (χ3n) is 5.93. The van der Waals surface area contributed by atoms with Crippen molar-refractivity contribution in [3.05, 3.63) is 76.7 Å². The molecule has 1 amide bonds. The summed E-state index contributed by atoms with van der Waals surface area (Å²) in [4.78, 5) is 12.9. The van der Waals surface area contributed by atoms with Crippen molar-refractivity contribution in [1.82, 2.24) is 9.62 Å². The van der Waals surface area contributed by atoms with Gasteiger partial charge in [0.05, 0.1) is 11.6 Å². The molecule has 34 heavy (non-hydrogen) atoms. The van der Waals surface area contributed by atoms with Gasteiger partial charge in [-0.05, 0) is 48.6 Å². The van der Waals surface area contributed by atoms with Crippen molar-refractivity contribution in [2.45, 2.75) is 44.8 Å². The van der Waals surface area contributed by atoms with Crippen molar-refractivity contribution in [3.8, 4) is 0 Å². The van der Waals surface area contributed by atoms with E-state index in [0.29, 0.717) is 31.2 Å². The highest BCUT2D eigenvalue weighted by Crippen LogP contribution is 2.32. The van der Waals surface area contributed by atoms with Crippen LogP contribution in [0.4, 0.5) is 13.2 Å². The molecule has 1 atom stereocenters. The molecule has 1 saturated heterocycles. The second-order valence-electron chi connectivity index (χ2n) is 8.40. The molecule has 5 nitrogen and oxygen atoms in total. The fourth-order valence-electron chi connectivity index (χ4n) is 4.02. The molecule has 1 aliphatic rings. The lowest BCUT2D eigenvalue weighted by Gasteiger charge is -2.31. The first-order valence-corrected chi connectivity index (χ1v) is 12.8. The number of hydrogen-bond donors (Lipinski definition) is 1. The number of carbonyl (C=O) groups excluding carboxylic acids is 1. The van der Waals surface area contributed by atoms with Crippen LogP contribution in [-0.4, -0.2) is 31.7 Å². The Morgan fingerprint density at radius 3 is 2.41 bits per heavy atom. The van der Waals surface area contributed by atoms with E-state index in [9.17, 15) is 26.4 Å². The average molecular weight is 495 g/mol. The molecule has 1 N–H and O–H groups in total. The van der Waals surface area contributed by atoms with Gasteiger partial charge in [0.15, 0.2) is 0 Å². The molecule has 0 unspecified atom stereocenters. The number of amides is 1. The van der Waals surface area contributed by atoms with Crippen LogP contribution in [0, 0.1) is 5.92 Å². The van der Waals surface area contributed by atoms with Crippen LogP contribution < -0.4 is 5.32 Å². The summed E-state index contributed by atoms with van der Waals surface area (Å²) in [6.07, 6.45) is -1.02. The first-order valence-electron chi connectivity index (χ1n) is 11.3. The SMILES string of the molecule is CCC[C@H](NC(=O)C1CCN(S(=O)(=O)/C=C/c2ccccc2)CC1)c1cccc(C(F)(F)F)c1. The second-order valence-corrected chi connectivity index (χ2v) is 10.2. The van der Waals surface area contributed by atoms with Gasteiger partial charge >= 0.3 is 6.18 Å². The minimum absolute atomic E-state index is 0.210. The fourth-order valence-corrected chi connectivity index (χ4v) is 5.24. The molecule has 1 aliphatic heterocycles. The number of sulfonamides is 1. The van der Waals surface area contributed by atoms with Crippen LogP contribution in [0.5, 0.6) is 0 Å². The van der Waals surface area contributed by atoms with E-state index in [4.69, 9.17) is 0 Å². The molecule has 0 aromatic heterocycles. The maximum atomic E-state index is 13.1. The first kappa shape index (κ1) is 26.0. The topological polar surface area (TPSA) is 66.5 Å². The fraction of sp³-hybridized carbons (Fsp3) is 0.400. The third-order valence-corrected chi connectivity index (χ3v) is 7.49. The highest BCUT2D eigenvalue weighted by Gasteiger charge is 2.33. The van der Waals surface area contributed by atoms with E-state index in [1.54, 1.807) is 24.3 Å². The summed E-state index contributed by atoms with van der Waals surface area (Å²) in [5, 5.41) is 4.07. The smallest absolute Gasteiger partial charge is 0.349 e. The molecule has 184 valence electrons. The van der Waals surface area contributed by atoms with Gasteiger partial charge in [0, 0.05) is 24.4 Å². The molecule has 2 aromatic carbocycles. The molecule has 0 radical (unpaired) electrons. The normalized spacial score (nSPS) is 17.1. The molecule has 0 saturated carbocycles. The van der Waals surface area contributed by atoms with Gasteiger partial charge in [-0.15, -0.1) is 0 Å². The van der Waals surface area contributed by atoms with E-state index in [-0.39, 0.29) is 19.0 Å². The zero-order valence-electron chi connectivity index (χ0n) is 19.0. The molecule has 3 rings (SSSR count). The minimum Gasteiger partial charge on any atom is -0.349 e. The van der Waals surface area contributed by atoms with Crippen molar-refractivity contribution in [1.29, 1.82) is 0 Å². The number of carbonyl (C=O) groups is 1. The monoisotopic (exact) mass is 494 g/mol. The van der Waals surface area contributed by atoms with Crippen molar-refractivity contribution in [3.63, 3.8) is 0 Å². The summed E-state index contributed by atoms with van der Waals surface area (Å²) < 4.78 is 66.0. The Morgan fingerprint density at radius 2 is 1.79 bits per heavy atom. The Bertz CT molecular complexity index is 1090. The van der Waals surface area contributed by atoms with Crippen LogP contribution in [0.3, 0.4) is 0 Å². The Kier molecular flexibility index (Phi) is 8.54. The van der Waals surface area contributed by atoms with E-state index >= 15 is 0 Å². The number of nitrogens with one attached hydrogen (secondary N) is 1. The summed E-state index contributed by atoms with van der Waals surface area (Å²) in [6.45, 7) is 2.32. The van der Waals surface area contributed by atoms with Gasteiger partial charge in [-0.3, -0.25) is 4.79 Å². The molecule has 1 heterocycles. The zero-order chi connectivity index (χ0) is 24.8. The highest BCUT2D eigenvalue weighted by molar-refractivity contribution is 7.92. The lowest BCUT2D eigenvalue weighted by molar-refractivity contribution is -0.137. The van der Waals surface area contributed by atoms with Gasteiger partial charge in [0.1, 0.15) is 0 Å². The Labute approximate surface area is 198 Å². The van der Waals surface area contributed by atoms with E-state index in [0.717, 1.165) is 17.7 Å². The predicted octanol–water partition coefficient (Wildman–Crippen LogP) is 5.38. The Morgan fingerprint density at radius 1 is 1.12 bits per heavy atom. The number of alkyl halides is 3. The minimum atomic E-state index is -4.45. The molecule has 0 bridgehead atoms. The molecule has 9 heteroatoms. The number of halogens is 3. The van der Waals surface area contributed by atoms with Gasteiger partial charge < -0.3 is 5.32 Å². The number of piperidine rings is 1. The molecule has 0 spiro atoms. The molecule has 2 aromatic rings. The van der Waals surface area contributed by atoms with E-state index in [2.05, 4.69) is 5.32 Å². The quantitative estimate of drug-likeness (QED) is 0.536. The van der Waals surface area contributed by atoms with Crippen molar-refractivity contribution in [2.75, 3.05) is 13.1 Å². The largest absolute Gasteiger partial charge is 0.416 e. The molecule has 0 aliphatic carbocycles. The van der Waals surface area contributed by atoms with Crippen LogP contribution in [0.1, 0.15) is 55.3 Å². The number of benzene rings is 2. The second kappa shape index (κ2) is 11.2. The molecule has 1 fully saturated rings. The lowest BCUT2D eigenvalue weighted by Crippen LogP contribution is -2.43. The van der Waals surface area contributed by atoms with Crippen molar-refractivity contribution < 1.29 is 26.4 Å². The van der Waals surface area contributed by atoms with Crippen LogP contribution in [-0.2, 0) is 21.0 Å². The van der Waals surface area contributed by atoms with Gasteiger partial charge in [0.25, 0.3) is 0 Å². The van der Waals surface area contributed by atoms with Crippen LogP contribution in [0.15, 0.2) is 60.0 Å². The zero-order valence-corrected chi connectivity index (χ0v) is 19.8. The maximum absolute atomic E-state index is 13.1. The Balaban J connectivity index is 1.61. The van der Waals surface area contributed by atoms with Gasteiger partial charge in [0.2, 0.25) is 15.9 Å². The van der Waals surface area contributed by atoms with Gasteiger partial charge in [-0.1, -0.05) is 55.8 Å². The standard InChI is InChI=1S/C25H29F3N2O3S/c1-2-7-23(21-10-6-11-22(18-21)25(26,27)28)29-24(31)20-12-15-30(16-13-20)34(32,33)17-14-19-8-4-3-5-9-19/h3-6,8-11,14,17-18,20,23H,2,7,12-13,15-16H2,1H3,(H,29,31)/b17-14+/t23-/m0/s1. The van der Waals surface area contributed by atoms with E-state index in [1.807, 2.05) is 25.1 Å². The summed E-state index contributed by atoms with van der Waals surface area (Å²) in [5.41, 5.74) is 0.440. The summed E-state index contributed by atoms with van der Waals surface area (Å²) in [5.74, 6) is -0.651. The molecular formula is C25H29F3N2O3S. The average Bonchev–Trinajstić information content (AvgIpc) is 2.83. The van der Waals surface area contributed by atoms with Gasteiger partial charge in [-0.2, -0.15) is 17.5 Å². The highest BCUT2D eigenvalue weighted by atomic mass is 32.2. The van der Waals surface area contributed by atoms with E-state index in [1.165, 1.54) is 15.8 Å². The van der Waals surface area contributed by atoms with Crippen molar-refractivity contribution in [2.24, 2.45) is 5.92 Å². The van der Waals surface area contributed by atoms with E-state index < -0.39 is 33.7 Å². The maximum Gasteiger partial charge on any atom is 0.416 e. The predicted molar refractivity (Wildman–Crippen MR) is 126 cm³/mol. The Hall–Kier alpha value is -2.65. The lowest BCUT2D eigenvalue weighted by atomic mass is 9.95. The van der Waals surface area contributed by atoms with Crippen LogP contribution >= 0.6 is 0 Å². The number of nitrogens with zero attached hydrogens (tertiary/aromatic N) is 1. The van der Waals surface area contributed by atoms with Crippen LogP contribution in [0.25, 0.3) is 6.08 Å². The first-order chi connectivity index (χ1) is 16.1. The number of hydrogen-bond acceptors (Lipinski definition) is 3. The summed E-state index contributed by atoms with van der Waals surface area (Å²) in [6, 6.07) is 13.6.